The van der Waals surface area contributed by atoms with Crippen molar-refractivity contribution in [1.29, 1.82) is 0 Å². The van der Waals surface area contributed by atoms with Crippen LogP contribution in [-0.2, 0) is 0 Å². The number of carboxylic acid groups (broad SMARTS) is 1. The van der Waals surface area contributed by atoms with E-state index in [0.717, 1.165) is 8.45 Å². The Morgan fingerprint density at radius 1 is 1.80 bits per heavy atom. The van der Waals surface area contributed by atoms with E-state index in [2.05, 4.69) is 0 Å². The number of halogens is 1. The fourth-order valence-corrected chi connectivity index (χ4v) is 2.29. The first kappa shape index (κ1) is 8.00. The zero-order chi connectivity index (χ0) is 7.72. The first-order chi connectivity index (χ1) is 4.63. The summed E-state index contributed by atoms with van der Waals surface area (Å²) in [5.41, 5.74) is 0.420. The quantitative estimate of drug-likeness (QED) is 0.794. The number of carbonyl (C=O) groups is 1. The van der Waals surface area contributed by atoms with E-state index in [1.54, 1.807) is 5.38 Å². The number of thiophene rings is 1. The summed E-state index contributed by atoms with van der Waals surface area (Å²) in [4.78, 5) is 11.5. The van der Waals surface area contributed by atoms with E-state index in [1.165, 1.54) is 11.3 Å². The average molecular weight is 268 g/mol. The van der Waals surface area contributed by atoms with Gasteiger partial charge in [0.15, 0.2) is 0 Å². The van der Waals surface area contributed by atoms with Crippen molar-refractivity contribution in [3.63, 3.8) is 0 Å². The zero-order valence-corrected chi connectivity index (χ0v) is 8.19. The Bertz CT molecular complexity index is 267. The molecule has 1 aromatic rings. The van der Waals surface area contributed by atoms with E-state index in [-0.39, 0.29) is 0 Å². The standard InChI is InChI=1S/C6H5IO2S/c1-3-5(7)4(2-10-3)6(8)9/h2H,1H3,(H,8,9). The van der Waals surface area contributed by atoms with Crippen molar-refractivity contribution in [2.24, 2.45) is 0 Å². The molecule has 10 heavy (non-hydrogen) atoms. The SMILES string of the molecule is Cc1scc(C(=O)O)c1I. The van der Waals surface area contributed by atoms with Crippen LogP contribution in [-0.4, -0.2) is 11.1 Å². The summed E-state index contributed by atoms with van der Waals surface area (Å²) in [6.07, 6.45) is 0. The second-order valence-corrected chi connectivity index (χ2v) is 3.99. The van der Waals surface area contributed by atoms with Gasteiger partial charge < -0.3 is 5.11 Å². The number of hydrogen-bond acceptors (Lipinski definition) is 2. The number of aromatic carboxylic acids is 1. The minimum atomic E-state index is -0.839. The van der Waals surface area contributed by atoms with Crippen molar-refractivity contribution in [2.75, 3.05) is 0 Å². The first-order valence-electron chi connectivity index (χ1n) is 2.60. The maximum atomic E-state index is 10.4. The lowest BCUT2D eigenvalue weighted by Gasteiger charge is -1.88. The molecule has 0 aliphatic carbocycles. The van der Waals surface area contributed by atoms with Crippen molar-refractivity contribution in [3.05, 3.63) is 19.4 Å². The summed E-state index contributed by atoms with van der Waals surface area (Å²) in [5.74, 6) is -0.839. The van der Waals surface area contributed by atoms with Gasteiger partial charge in [0.25, 0.3) is 0 Å². The van der Waals surface area contributed by atoms with Crippen LogP contribution < -0.4 is 0 Å². The summed E-state index contributed by atoms with van der Waals surface area (Å²) in [6.45, 7) is 1.92. The highest BCUT2D eigenvalue weighted by Gasteiger charge is 2.10. The molecular weight excluding hydrogens is 263 g/mol. The average Bonchev–Trinajstić information content (AvgIpc) is 2.14. The van der Waals surface area contributed by atoms with Crippen LogP contribution in [0.5, 0.6) is 0 Å². The summed E-state index contributed by atoms with van der Waals surface area (Å²) in [5, 5.41) is 10.2. The van der Waals surface area contributed by atoms with Crippen LogP contribution in [0.25, 0.3) is 0 Å². The lowest BCUT2D eigenvalue weighted by atomic mass is 10.3. The Hall–Kier alpha value is -0.100. The van der Waals surface area contributed by atoms with Gasteiger partial charge in [-0.2, -0.15) is 0 Å². The van der Waals surface area contributed by atoms with E-state index in [0.29, 0.717) is 5.56 Å². The molecule has 54 valence electrons. The molecule has 0 saturated heterocycles. The second-order valence-electron chi connectivity index (χ2n) is 1.82. The van der Waals surface area contributed by atoms with E-state index >= 15 is 0 Å². The molecular formula is C6H5IO2S. The molecule has 0 unspecified atom stereocenters. The van der Waals surface area contributed by atoms with E-state index < -0.39 is 5.97 Å². The maximum Gasteiger partial charge on any atom is 0.337 e. The minimum Gasteiger partial charge on any atom is -0.478 e. The molecule has 0 aliphatic rings. The number of hydrogen-bond donors (Lipinski definition) is 1. The van der Waals surface area contributed by atoms with Crippen LogP contribution in [0.3, 0.4) is 0 Å². The molecule has 0 bridgehead atoms. The molecule has 2 nitrogen and oxygen atoms in total. The van der Waals surface area contributed by atoms with E-state index in [9.17, 15) is 4.79 Å². The molecule has 0 aliphatic heterocycles. The van der Waals surface area contributed by atoms with Crippen molar-refractivity contribution >= 4 is 39.9 Å². The second kappa shape index (κ2) is 2.87. The van der Waals surface area contributed by atoms with Gasteiger partial charge >= 0.3 is 5.97 Å². The lowest BCUT2D eigenvalue weighted by molar-refractivity contribution is 0.0696. The highest BCUT2D eigenvalue weighted by molar-refractivity contribution is 14.1. The highest BCUT2D eigenvalue weighted by atomic mass is 127. The Kier molecular flexibility index (Phi) is 2.30. The maximum absolute atomic E-state index is 10.4. The van der Waals surface area contributed by atoms with Crippen LogP contribution in [0.4, 0.5) is 0 Å². The molecule has 1 heterocycles. The molecule has 1 aromatic heterocycles. The predicted molar refractivity (Wildman–Crippen MR) is 48.7 cm³/mol. The van der Waals surface area contributed by atoms with E-state index in [4.69, 9.17) is 5.11 Å². The number of carboxylic acids is 1. The minimum absolute atomic E-state index is 0.420. The van der Waals surface area contributed by atoms with Crippen LogP contribution in [0, 0.1) is 10.5 Å². The van der Waals surface area contributed by atoms with Crippen LogP contribution in [0.1, 0.15) is 15.2 Å². The van der Waals surface area contributed by atoms with Gasteiger partial charge in [0.1, 0.15) is 0 Å². The smallest absolute Gasteiger partial charge is 0.337 e. The van der Waals surface area contributed by atoms with Crippen LogP contribution >= 0.6 is 33.9 Å². The van der Waals surface area contributed by atoms with Crippen molar-refractivity contribution in [3.8, 4) is 0 Å². The Morgan fingerprint density at radius 2 is 2.40 bits per heavy atom. The monoisotopic (exact) mass is 268 g/mol. The van der Waals surface area contributed by atoms with Crippen molar-refractivity contribution in [1.82, 2.24) is 0 Å². The number of aryl methyl sites for hydroxylation is 1. The fourth-order valence-electron chi connectivity index (χ4n) is 0.585. The molecule has 1 rings (SSSR count). The fraction of sp³-hybridized carbons (Fsp3) is 0.167. The van der Waals surface area contributed by atoms with Crippen LogP contribution in [0.2, 0.25) is 0 Å². The Balaban J connectivity index is 3.17. The molecule has 0 spiro atoms. The summed E-state index contributed by atoms with van der Waals surface area (Å²) in [7, 11) is 0. The first-order valence-corrected chi connectivity index (χ1v) is 4.55. The molecule has 4 heteroatoms. The molecule has 0 radical (unpaired) electrons. The summed E-state index contributed by atoms with van der Waals surface area (Å²) < 4.78 is 0.857. The molecule has 1 N–H and O–H groups in total. The molecule has 0 saturated carbocycles. The Labute approximate surface area is 76.0 Å². The normalized spacial score (nSPS) is 9.80. The predicted octanol–water partition coefficient (Wildman–Crippen LogP) is 2.36. The summed E-state index contributed by atoms with van der Waals surface area (Å²) in [6, 6.07) is 0. The van der Waals surface area contributed by atoms with Gasteiger partial charge in [-0.25, -0.2) is 4.79 Å². The van der Waals surface area contributed by atoms with E-state index in [1.807, 2.05) is 29.5 Å². The van der Waals surface area contributed by atoms with Gasteiger partial charge in [0, 0.05) is 13.8 Å². The van der Waals surface area contributed by atoms with Gasteiger partial charge in [-0.05, 0) is 29.5 Å². The van der Waals surface area contributed by atoms with Crippen molar-refractivity contribution < 1.29 is 9.90 Å². The largest absolute Gasteiger partial charge is 0.478 e. The topological polar surface area (TPSA) is 37.3 Å². The molecule has 0 fully saturated rings. The van der Waals surface area contributed by atoms with Gasteiger partial charge in [-0.15, -0.1) is 11.3 Å². The molecule has 0 aromatic carbocycles. The van der Waals surface area contributed by atoms with Crippen LogP contribution in [0.15, 0.2) is 5.38 Å². The van der Waals surface area contributed by atoms with Crippen molar-refractivity contribution in [2.45, 2.75) is 6.92 Å². The van der Waals surface area contributed by atoms with Gasteiger partial charge in [-0.3, -0.25) is 0 Å². The third kappa shape index (κ3) is 1.32. The van der Waals surface area contributed by atoms with Gasteiger partial charge in [0.05, 0.1) is 5.56 Å². The summed E-state index contributed by atoms with van der Waals surface area (Å²) >= 11 is 3.52. The zero-order valence-electron chi connectivity index (χ0n) is 5.22. The van der Waals surface area contributed by atoms with Gasteiger partial charge in [0.2, 0.25) is 0 Å². The lowest BCUT2D eigenvalue weighted by Crippen LogP contribution is -1.95. The third-order valence-electron chi connectivity index (χ3n) is 1.13. The molecule has 0 amide bonds. The van der Waals surface area contributed by atoms with Gasteiger partial charge in [-0.1, -0.05) is 0 Å². The third-order valence-corrected chi connectivity index (χ3v) is 3.80. The number of rotatable bonds is 1. The molecule has 0 atom stereocenters. The highest BCUT2D eigenvalue weighted by Crippen LogP contribution is 2.22. The Morgan fingerprint density at radius 3 is 2.60 bits per heavy atom.